The second-order valence-electron chi connectivity index (χ2n) is 7.06. The predicted octanol–water partition coefficient (Wildman–Crippen LogP) is 2.69. The third-order valence-corrected chi connectivity index (χ3v) is 5.99. The van der Waals surface area contributed by atoms with E-state index in [1.165, 1.54) is 9.47 Å². The highest BCUT2D eigenvalue weighted by molar-refractivity contribution is 7.85. The van der Waals surface area contributed by atoms with Crippen LogP contribution in [0.4, 0.5) is 5.69 Å². The molecule has 160 valence electrons. The Bertz CT molecular complexity index is 1440. The molecule has 8 nitrogen and oxygen atoms in total. The van der Waals surface area contributed by atoms with Crippen molar-refractivity contribution < 1.29 is 30.5 Å². The number of fused-ring (bicyclic) bond motifs is 2. The maximum absolute atomic E-state index is 11.7. The SMILES string of the molecule is O=S(=O)(O)CN1C(=Cc2ccc3ccccc3[n+]2CS(=O)(=O)O)C=Cc2ccccc21. The molecule has 0 atom stereocenters. The Balaban J connectivity index is 1.91. The van der Waals surface area contributed by atoms with Crippen LogP contribution in [0.3, 0.4) is 0 Å². The van der Waals surface area contributed by atoms with E-state index in [4.69, 9.17) is 0 Å². The average molecular weight is 460 g/mol. The van der Waals surface area contributed by atoms with Gasteiger partial charge in [-0.2, -0.15) is 21.4 Å². The van der Waals surface area contributed by atoms with Gasteiger partial charge in [0.25, 0.3) is 16.0 Å². The maximum atomic E-state index is 11.7. The number of aromatic nitrogens is 1. The van der Waals surface area contributed by atoms with Crippen molar-refractivity contribution in [1.29, 1.82) is 0 Å². The van der Waals surface area contributed by atoms with E-state index in [2.05, 4.69) is 0 Å². The molecule has 0 fully saturated rings. The van der Waals surface area contributed by atoms with Crippen LogP contribution in [0.2, 0.25) is 0 Å². The van der Waals surface area contributed by atoms with Crippen molar-refractivity contribution in [1.82, 2.24) is 0 Å². The Morgan fingerprint density at radius 1 is 0.839 bits per heavy atom. The molecule has 0 spiro atoms. The number of benzene rings is 2. The summed E-state index contributed by atoms with van der Waals surface area (Å²) in [6.07, 6.45) is 5.09. The maximum Gasteiger partial charge on any atom is 0.326 e. The summed E-state index contributed by atoms with van der Waals surface area (Å²) in [7, 11) is -8.71. The van der Waals surface area contributed by atoms with Crippen LogP contribution in [-0.4, -0.2) is 31.8 Å². The van der Waals surface area contributed by atoms with Gasteiger partial charge in [0, 0.05) is 35.0 Å². The third kappa shape index (κ3) is 4.83. The minimum atomic E-state index is -4.36. The van der Waals surface area contributed by atoms with Gasteiger partial charge in [-0.05, 0) is 29.8 Å². The molecule has 3 aromatic rings. The smallest absolute Gasteiger partial charge is 0.323 e. The number of hydrogen-bond donors (Lipinski definition) is 2. The van der Waals surface area contributed by atoms with Gasteiger partial charge in [0.1, 0.15) is 0 Å². The Morgan fingerprint density at radius 2 is 1.55 bits per heavy atom. The quantitative estimate of drug-likeness (QED) is 0.445. The zero-order chi connectivity index (χ0) is 22.2. The lowest BCUT2D eigenvalue weighted by Crippen LogP contribution is -2.41. The van der Waals surface area contributed by atoms with Gasteiger partial charge in [-0.3, -0.25) is 9.11 Å². The lowest BCUT2D eigenvalue weighted by molar-refractivity contribution is -0.653. The molecule has 0 aliphatic carbocycles. The first-order chi connectivity index (χ1) is 14.6. The molecule has 2 aromatic carbocycles. The first-order valence-electron chi connectivity index (χ1n) is 9.19. The van der Waals surface area contributed by atoms with Gasteiger partial charge >= 0.3 is 10.1 Å². The summed E-state index contributed by atoms with van der Waals surface area (Å²) in [5, 5.41) is 0.771. The fourth-order valence-corrected chi connectivity index (χ4v) is 4.80. The van der Waals surface area contributed by atoms with E-state index in [-0.39, 0.29) is 0 Å². The number of rotatable bonds is 5. The number of hydrogen-bond acceptors (Lipinski definition) is 5. The fraction of sp³-hybridized carbons (Fsp3) is 0.0952. The van der Waals surface area contributed by atoms with E-state index in [0.717, 1.165) is 10.9 Å². The van der Waals surface area contributed by atoms with Crippen LogP contribution in [-0.2, 0) is 26.1 Å². The van der Waals surface area contributed by atoms with Crippen LogP contribution < -0.4 is 9.47 Å². The molecule has 0 amide bonds. The highest BCUT2D eigenvalue weighted by atomic mass is 32.2. The average Bonchev–Trinajstić information content (AvgIpc) is 2.69. The molecule has 0 saturated carbocycles. The van der Waals surface area contributed by atoms with Gasteiger partial charge in [0.05, 0.1) is 0 Å². The molecular weight excluding hydrogens is 440 g/mol. The molecule has 2 N–H and O–H groups in total. The molecule has 0 unspecified atom stereocenters. The van der Waals surface area contributed by atoms with E-state index in [0.29, 0.717) is 22.6 Å². The van der Waals surface area contributed by atoms with Crippen LogP contribution in [0, 0.1) is 0 Å². The Hall–Kier alpha value is -3.05. The van der Waals surface area contributed by atoms with Crippen molar-refractivity contribution in [3.05, 3.63) is 83.7 Å². The summed E-state index contributed by atoms with van der Waals surface area (Å²) in [6, 6.07) is 17.7. The van der Waals surface area contributed by atoms with Gasteiger partial charge in [-0.15, -0.1) is 0 Å². The highest BCUT2D eigenvalue weighted by Crippen LogP contribution is 2.32. The minimum absolute atomic E-state index is 0.427. The highest BCUT2D eigenvalue weighted by Gasteiger charge is 2.25. The van der Waals surface area contributed by atoms with Gasteiger partial charge in [-0.25, -0.2) is 0 Å². The summed E-state index contributed by atoms with van der Waals surface area (Å²) in [4.78, 5) is 1.43. The molecule has 0 saturated heterocycles. The van der Waals surface area contributed by atoms with Gasteiger partial charge in [0.2, 0.25) is 11.2 Å². The van der Waals surface area contributed by atoms with Gasteiger partial charge in [0.15, 0.2) is 5.88 Å². The minimum Gasteiger partial charge on any atom is -0.323 e. The van der Waals surface area contributed by atoms with Gasteiger partial charge < -0.3 is 4.90 Å². The molecule has 0 radical (unpaired) electrons. The molecular formula is C21H19N2O6S2+. The molecule has 10 heteroatoms. The van der Waals surface area contributed by atoms with E-state index < -0.39 is 32.0 Å². The van der Waals surface area contributed by atoms with Crippen LogP contribution in [0.5, 0.6) is 0 Å². The zero-order valence-electron chi connectivity index (χ0n) is 16.2. The largest absolute Gasteiger partial charge is 0.326 e. The van der Waals surface area contributed by atoms with E-state index >= 15 is 0 Å². The first kappa shape index (κ1) is 21.2. The number of anilines is 1. The van der Waals surface area contributed by atoms with Crippen LogP contribution >= 0.6 is 0 Å². The van der Waals surface area contributed by atoms with Crippen molar-refractivity contribution in [3.63, 3.8) is 0 Å². The molecule has 1 aliphatic heterocycles. The van der Waals surface area contributed by atoms with Gasteiger partial charge in [-0.1, -0.05) is 36.4 Å². The second kappa shape index (κ2) is 7.89. The molecule has 31 heavy (non-hydrogen) atoms. The summed E-state index contributed by atoms with van der Waals surface area (Å²) in [6.45, 7) is 0. The second-order valence-corrected chi connectivity index (χ2v) is 9.90. The van der Waals surface area contributed by atoms with E-state index in [9.17, 15) is 25.9 Å². The predicted molar refractivity (Wildman–Crippen MR) is 118 cm³/mol. The van der Waals surface area contributed by atoms with Crippen molar-refractivity contribution >= 4 is 49.0 Å². The van der Waals surface area contributed by atoms with Crippen molar-refractivity contribution in [2.45, 2.75) is 5.88 Å². The summed E-state index contributed by atoms with van der Waals surface area (Å²) in [5.74, 6) is -1.35. The number of pyridine rings is 1. The van der Waals surface area contributed by atoms with Crippen LogP contribution in [0.25, 0.3) is 23.1 Å². The lowest BCUT2D eigenvalue weighted by atomic mass is 10.1. The van der Waals surface area contributed by atoms with E-state index in [1.54, 1.807) is 54.6 Å². The Labute approximate surface area is 179 Å². The molecule has 1 aliphatic rings. The van der Waals surface area contributed by atoms with Crippen molar-refractivity contribution in [2.24, 2.45) is 0 Å². The summed E-state index contributed by atoms with van der Waals surface area (Å²) >= 11 is 0. The van der Waals surface area contributed by atoms with Crippen LogP contribution in [0.1, 0.15) is 11.3 Å². The number of allylic oxidation sites excluding steroid dienone is 1. The normalized spacial score (nSPS) is 15.4. The van der Waals surface area contributed by atoms with Crippen LogP contribution in [0.15, 0.2) is 72.4 Å². The Morgan fingerprint density at radius 3 is 2.29 bits per heavy atom. The van der Waals surface area contributed by atoms with Crippen molar-refractivity contribution in [2.75, 3.05) is 10.8 Å². The summed E-state index contributed by atoms with van der Waals surface area (Å²) in [5.41, 5.74) is 2.78. The fourth-order valence-electron chi connectivity index (χ4n) is 3.58. The lowest BCUT2D eigenvalue weighted by Gasteiger charge is -2.29. The molecule has 4 rings (SSSR count). The number of para-hydroxylation sites is 2. The topological polar surface area (TPSA) is 116 Å². The number of nitrogens with zero attached hydrogens (tertiary/aromatic N) is 2. The standard InChI is InChI=1S/C21H18N2O6S2/c24-30(25,26)14-22-18(11-9-16-5-1-3-7-20(16)22)13-19-12-10-17-6-2-4-8-21(17)23(19)15-31(27,28)29/h1-13H,14-15H2,(H-,24,25,26,27,28,29)/p+1. The summed E-state index contributed by atoms with van der Waals surface area (Å²) < 4.78 is 67.1. The van der Waals surface area contributed by atoms with Crippen molar-refractivity contribution in [3.8, 4) is 0 Å². The molecule has 1 aromatic heterocycles. The van der Waals surface area contributed by atoms with E-state index in [1.807, 2.05) is 24.3 Å². The molecule has 0 bridgehead atoms. The monoisotopic (exact) mass is 459 g/mol. The molecule has 2 heterocycles. The zero-order valence-corrected chi connectivity index (χ0v) is 17.8. The third-order valence-electron chi connectivity index (χ3n) is 4.83. The Kier molecular flexibility index (Phi) is 5.40. The first-order valence-corrected chi connectivity index (χ1v) is 12.4.